The first-order valence-corrected chi connectivity index (χ1v) is 10.3. The van der Waals surface area contributed by atoms with E-state index >= 15 is 0 Å². The van der Waals surface area contributed by atoms with Crippen LogP contribution in [0.1, 0.15) is 24.8 Å². The van der Waals surface area contributed by atoms with Gasteiger partial charge >= 0.3 is 6.03 Å². The van der Waals surface area contributed by atoms with Crippen molar-refractivity contribution in [2.45, 2.75) is 26.2 Å². The molecule has 26 heavy (non-hydrogen) atoms. The smallest absolute Gasteiger partial charge is 0.321 e. The number of anilines is 1. The molecule has 2 aliphatic heterocycles. The molecule has 3 rings (SSSR count). The summed E-state index contributed by atoms with van der Waals surface area (Å²) in [5.74, 6) is -0.489. The molecule has 9 heteroatoms. The van der Waals surface area contributed by atoms with Crippen molar-refractivity contribution in [2.24, 2.45) is 0 Å². The highest BCUT2D eigenvalue weighted by Gasteiger charge is 2.33. The van der Waals surface area contributed by atoms with Gasteiger partial charge in [-0.3, -0.25) is 0 Å². The first-order valence-electron chi connectivity index (χ1n) is 8.95. The third-order valence-corrected chi connectivity index (χ3v) is 6.86. The molecule has 144 valence electrons. The zero-order valence-corrected chi connectivity index (χ0v) is 15.8. The molecule has 0 unspecified atom stereocenters. The van der Waals surface area contributed by atoms with Gasteiger partial charge in [-0.15, -0.1) is 0 Å². The molecule has 2 saturated heterocycles. The van der Waals surface area contributed by atoms with Crippen molar-refractivity contribution in [2.75, 3.05) is 44.6 Å². The van der Waals surface area contributed by atoms with Crippen LogP contribution >= 0.6 is 0 Å². The molecule has 1 aromatic rings. The van der Waals surface area contributed by atoms with E-state index in [1.54, 1.807) is 17.0 Å². The number of carbonyl (C=O) groups is 1. The molecule has 7 nitrogen and oxygen atoms in total. The number of hydrogen-bond donors (Lipinski definition) is 1. The Morgan fingerprint density at radius 1 is 1.00 bits per heavy atom. The van der Waals surface area contributed by atoms with Gasteiger partial charge < -0.3 is 10.2 Å². The highest BCUT2D eigenvalue weighted by molar-refractivity contribution is 7.86. The van der Waals surface area contributed by atoms with Crippen LogP contribution in [0.25, 0.3) is 0 Å². The van der Waals surface area contributed by atoms with Gasteiger partial charge in [-0.1, -0.05) is 6.07 Å². The lowest BCUT2D eigenvalue weighted by atomic mass is 10.2. The van der Waals surface area contributed by atoms with Crippen molar-refractivity contribution in [3.8, 4) is 0 Å². The zero-order chi connectivity index (χ0) is 18.7. The fourth-order valence-electron chi connectivity index (χ4n) is 3.34. The molecule has 0 radical (unpaired) electrons. The molecule has 1 aromatic carbocycles. The Balaban J connectivity index is 1.63. The highest BCUT2D eigenvalue weighted by atomic mass is 32.2. The number of nitrogens with one attached hydrogen (secondary N) is 1. The molecule has 2 aliphatic rings. The van der Waals surface area contributed by atoms with E-state index in [1.165, 1.54) is 14.7 Å². The minimum Gasteiger partial charge on any atom is -0.323 e. The molecule has 0 aliphatic carbocycles. The van der Waals surface area contributed by atoms with Crippen molar-refractivity contribution < 1.29 is 17.6 Å². The van der Waals surface area contributed by atoms with Gasteiger partial charge in [0, 0.05) is 39.3 Å². The van der Waals surface area contributed by atoms with E-state index in [0.29, 0.717) is 32.6 Å². The van der Waals surface area contributed by atoms with E-state index < -0.39 is 22.1 Å². The average Bonchev–Trinajstić information content (AvgIpc) is 3.03. The van der Waals surface area contributed by atoms with E-state index in [-0.39, 0.29) is 18.8 Å². The Labute approximate surface area is 153 Å². The fourth-order valence-corrected chi connectivity index (χ4v) is 5.06. The largest absolute Gasteiger partial charge is 0.323 e. The van der Waals surface area contributed by atoms with Gasteiger partial charge in [-0.05, 0) is 43.9 Å². The summed E-state index contributed by atoms with van der Waals surface area (Å²) in [5.41, 5.74) is 0.987. The van der Waals surface area contributed by atoms with Crippen LogP contribution in [0, 0.1) is 12.7 Å². The predicted octanol–water partition coefficient (Wildman–Crippen LogP) is 2.01. The minimum atomic E-state index is -3.46. The van der Waals surface area contributed by atoms with E-state index in [0.717, 1.165) is 18.4 Å². The van der Waals surface area contributed by atoms with Gasteiger partial charge in [-0.2, -0.15) is 17.0 Å². The molecule has 1 N–H and O–H groups in total. The second-order valence-electron chi connectivity index (χ2n) is 6.77. The number of rotatable bonds is 3. The fraction of sp³-hybridized carbons (Fsp3) is 0.588. The molecule has 0 aromatic heterocycles. The summed E-state index contributed by atoms with van der Waals surface area (Å²) in [5, 5.41) is 2.59. The molecule has 0 spiro atoms. The lowest BCUT2D eigenvalue weighted by molar-refractivity contribution is 0.214. The molecule has 2 heterocycles. The second kappa shape index (κ2) is 7.89. The third kappa shape index (κ3) is 4.16. The lowest BCUT2D eigenvalue weighted by Gasteiger charge is -2.26. The number of hydrogen-bond acceptors (Lipinski definition) is 3. The van der Waals surface area contributed by atoms with Crippen molar-refractivity contribution in [1.29, 1.82) is 0 Å². The van der Waals surface area contributed by atoms with Crippen LogP contribution in [-0.4, -0.2) is 67.2 Å². The van der Waals surface area contributed by atoms with E-state index in [9.17, 15) is 17.6 Å². The number of halogens is 1. The lowest BCUT2D eigenvalue weighted by Crippen LogP contribution is -2.44. The summed E-state index contributed by atoms with van der Waals surface area (Å²) >= 11 is 0. The van der Waals surface area contributed by atoms with Crippen molar-refractivity contribution in [1.82, 2.24) is 13.5 Å². The zero-order valence-electron chi connectivity index (χ0n) is 14.9. The molecule has 0 saturated carbocycles. The number of aryl methyl sites for hydroxylation is 1. The average molecular weight is 384 g/mol. The van der Waals surface area contributed by atoms with Crippen molar-refractivity contribution in [3.63, 3.8) is 0 Å². The number of amides is 2. The molecule has 2 amide bonds. The topological polar surface area (TPSA) is 73.0 Å². The van der Waals surface area contributed by atoms with Crippen LogP contribution in [-0.2, 0) is 10.2 Å². The summed E-state index contributed by atoms with van der Waals surface area (Å²) in [6, 6.07) is 4.13. The number of benzene rings is 1. The van der Waals surface area contributed by atoms with Crippen LogP contribution in [0.3, 0.4) is 0 Å². The summed E-state index contributed by atoms with van der Waals surface area (Å²) in [7, 11) is -3.46. The Kier molecular flexibility index (Phi) is 5.79. The van der Waals surface area contributed by atoms with E-state index in [1.807, 2.05) is 6.92 Å². The molecular weight excluding hydrogens is 359 g/mol. The van der Waals surface area contributed by atoms with Gasteiger partial charge in [0.05, 0.1) is 5.69 Å². The summed E-state index contributed by atoms with van der Waals surface area (Å²) in [6.45, 7) is 4.31. The van der Waals surface area contributed by atoms with E-state index in [2.05, 4.69) is 5.32 Å². The summed E-state index contributed by atoms with van der Waals surface area (Å²) in [6.07, 6.45) is 2.34. The third-order valence-electron chi connectivity index (χ3n) is 4.82. The van der Waals surface area contributed by atoms with Gasteiger partial charge in [0.15, 0.2) is 0 Å². The Hall–Kier alpha value is -1.71. The van der Waals surface area contributed by atoms with Crippen LogP contribution in [0.2, 0.25) is 0 Å². The van der Waals surface area contributed by atoms with Gasteiger partial charge in [0.1, 0.15) is 5.82 Å². The van der Waals surface area contributed by atoms with Crippen LogP contribution in [0.4, 0.5) is 14.9 Å². The van der Waals surface area contributed by atoms with Crippen LogP contribution in [0.5, 0.6) is 0 Å². The maximum atomic E-state index is 13.8. The molecular formula is C17H25FN4O3S. The minimum absolute atomic E-state index is 0.140. The second-order valence-corrected chi connectivity index (χ2v) is 8.70. The SMILES string of the molecule is Cc1ccc(F)c(NC(=O)N2CCCN(S(=O)(=O)N3CCCC3)CC2)c1. The monoisotopic (exact) mass is 384 g/mol. The quantitative estimate of drug-likeness (QED) is 0.867. The number of urea groups is 1. The van der Waals surface area contributed by atoms with Crippen molar-refractivity contribution in [3.05, 3.63) is 29.6 Å². The normalized spacial score (nSPS) is 20.2. The van der Waals surface area contributed by atoms with Crippen LogP contribution in [0.15, 0.2) is 18.2 Å². The summed E-state index contributed by atoms with van der Waals surface area (Å²) < 4.78 is 42.2. The Morgan fingerprint density at radius 2 is 1.65 bits per heavy atom. The van der Waals surface area contributed by atoms with Crippen molar-refractivity contribution >= 4 is 21.9 Å². The number of carbonyl (C=O) groups excluding carboxylic acids is 1. The first-order chi connectivity index (χ1) is 12.4. The van der Waals surface area contributed by atoms with Gasteiger partial charge in [0.2, 0.25) is 0 Å². The van der Waals surface area contributed by atoms with Gasteiger partial charge in [0.25, 0.3) is 10.2 Å². The highest BCUT2D eigenvalue weighted by Crippen LogP contribution is 2.19. The Morgan fingerprint density at radius 3 is 2.38 bits per heavy atom. The standard InChI is InChI=1S/C17H25FN4O3S/c1-14-5-6-15(18)16(13-14)19-17(23)20-7-4-10-22(12-11-20)26(24,25)21-8-2-3-9-21/h5-6,13H,2-4,7-12H2,1H3,(H,19,23). The number of nitrogens with zero attached hydrogens (tertiary/aromatic N) is 3. The first kappa shape index (κ1) is 19.1. The Bertz CT molecular complexity index is 765. The van der Waals surface area contributed by atoms with Gasteiger partial charge in [-0.25, -0.2) is 9.18 Å². The predicted molar refractivity (Wildman–Crippen MR) is 97.6 cm³/mol. The van der Waals surface area contributed by atoms with Crippen LogP contribution < -0.4 is 5.32 Å². The summed E-state index contributed by atoms with van der Waals surface area (Å²) in [4.78, 5) is 14.0. The maximum Gasteiger partial charge on any atom is 0.321 e. The van der Waals surface area contributed by atoms with E-state index in [4.69, 9.17) is 0 Å². The molecule has 0 bridgehead atoms. The molecule has 0 atom stereocenters. The molecule has 2 fully saturated rings. The maximum absolute atomic E-state index is 13.8.